The van der Waals surface area contributed by atoms with Gasteiger partial charge in [0.2, 0.25) is 0 Å². The van der Waals surface area contributed by atoms with Crippen LogP contribution in [0.2, 0.25) is 0 Å². The molecule has 0 bridgehead atoms. The maximum atomic E-state index is 13.6. The maximum absolute atomic E-state index is 13.6. The minimum atomic E-state index is -0.271. The summed E-state index contributed by atoms with van der Waals surface area (Å²) in [6, 6.07) is 4.79. The Morgan fingerprint density at radius 3 is 2.95 bits per heavy atom. The highest BCUT2D eigenvalue weighted by Crippen LogP contribution is 2.16. The van der Waals surface area contributed by atoms with Crippen LogP contribution in [0.4, 0.5) is 4.39 Å². The summed E-state index contributed by atoms with van der Waals surface area (Å²) < 4.78 is 19.7. The summed E-state index contributed by atoms with van der Waals surface area (Å²) in [5.41, 5.74) is 6.32. The normalized spacial score (nSPS) is 16.7. The molecule has 0 spiro atoms. The van der Waals surface area contributed by atoms with Crippen LogP contribution in [-0.4, -0.2) is 50.3 Å². The average molecular weight is 373 g/mol. The fourth-order valence-electron chi connectivity index (χ4n) is 2.23. The maximum Gasteiger partial charge on any atom is 0.188 e. The Balaban J connectivity index is 1.67. The molecule has 0 unspecified atom stereocenters. The largest absolute Gasteiger partial charge is 0.379 e. The van der Waals surface area contributed by atoms with E-state index >= 15 is 0 Å². The highest BCUT2D eigenvalue weighted by atomic mass is 79.9. The van der Waals surface area contributed by atoms with Crippen LogP contribution in [0.3, 0.4) is 0 Å². The van der Waals surface area contributed by atoms with E-state index in [0.29, 0.717) is 11.5 Å². The molecular formula is C15H22BrFN4O. The van der Waals surface area contributed by atoms with Crippen LogP contribution in [0.25, 0.3) is 0 Å². The summed E-state index contributed by atoms with van der Waals surface area (Å²) in [4.78, 5) is 6.54. The Kier molecular flexibility index (Phi) is 7.08. The minimum absolute atomic E-state index is 0.230. The molecule has 0 atom stereocenters. The summed E-state index contributed by atoms with van der Waals surface area (Å²) in [5, 5.41) is 3.06. The van der Waals surface area contributed by atoms with Gasteiger partial charge in [0.15, 0.2) is 5.96 Å². The second-order valence-corrected chi connectivity index (χ2v) is 6.09. The summed E-state index contributed by atoms with van der Waals surface area (Å²) in [6.45, 7) is 5.62. The van der Waals surface area contributed by atoms with E-state index in [0.717, 1.165) is 50.3 Å². The summed E-state index contributed by atoms with van der Waals surface area (Å²) in [7, 11) is 0. The molecule has 3 N–H and O–H groups in total. The average Bonchev–Trinajstić information content (AvgIpc) is 2.53. The number of aliphatic imine (C=N–C) groups is 1. The van der Waals surface area contributed by atoms with Crippen molar-refractivity contribution < 1.29 is 9.13 Å². The van der Waals surface area contributed by atoms with Crippen LogP contribution in [0.15, 0.2) is 27.7 Å². The second kappa shape index (κ2) is 9.07. The number of rotatable bonds is 6. The van der Waals surface area contributed by atoms with Gasteiger partial charge in [-0.25, -0.2) is 9.38 Å². The van der Waals surface area contributed by atoms with Crippen molar-refractivity contribution in [1.29, 1.82) is 0 Å². The van der Waals surface area contributed by atoms with E-state index in [4.69, 9.17) is 10.5 Å². The topological polar surface area (TPSA) is 62.9 Å². The second-order valence-electron chi connectivity index (χ2n) is 5.17. The third-order valence-corrected chi connectivity index (χ3v) is 3.98. The number of nitrogens with zero attached hydrogens (tertiary/aromatic N) is 2. The van der Waals surface area contributed by atoms with Gasteiger partial charge in [-0.1, -0.05) is 15.9 Å². The molecule has 1 aromatic rings. The molecule has 0 amide bonds. The van der Waals surface area contributed by atoms with E-state index in [-0.39, 0.29) is 12.4 Å². The first-order valence-electron chi connectivity index (χ1n) is 7.43. The summed E-state index contributed by atoms with van der Waals surface area (Å²) in [6.07, 6.45) is 0.988. The Morgan fingerprint density at radius 2 is 2.18 bits per heavy atom. The zero-order chi connectivity index (χ0) is 15.8. The lowest BCUT2D eigenvalue weighted by Crippen LogP contribution is -2.39. The molecule has 1 aromatic carbocycles. The number of guanidine groups is 1. The van der Waals surface area contributed by atoms with Gasteiger partial charge in [-0.2, -0.15) is 0 Å². The van der Waals surface area contributed by atoms with Gasteiger partial charge in [0.1, 0.15) is 5.82 Å². The molecule has 0 aliphatic carbocycles. The van der Waals surface area contributed by atoms with Gasteiger partial charge >= 0.3 is 0 Å². The van der Waals surface area contributed by atoms with Crippen LogP contribution < -0.4 is 11.1 Å². The highest BCUT2D eigenvalue weighted by Gasteiger charge is 2.09. The van der Waals surface area contributed by atoms with Crippen molar-refractivity contribution >= 4 is 21.9 Å². The first-order chi connectivity index (χ1) is 10.6. The van der Waals surface area contributed by atoms with E-state index in [2.05, 4.69) is 31.1 Å². The van der Waals surface area contributed by atoms with E-state index in [1.807, 2.05) is 0 Å². The van der Waals surface area contributed by atoms with E-state index < -0.39 is 0 Å². The molecule has 7 heteroatoms. The summed E-state index contributed by atoms with van der Waals surface area (Å²) >= 11 is 3.32. The molecule has 2 rings (SSSR count). The predicted octanol–water partition coefficient (Wildman–Crippen LogP) is 1.71. The van der Waals surface area contributed by atoms with Crippen LogP contribution >= 0.6 is 15.9 Å². The molecule has 0 saturated carbocycles. The lowest BCUT2D eigenvalue weighted by Gasteiger charge is -2.26. The Labute approximate surface area is 138 Å². The number of ether oxygens (including phenoxy) is 1. The highest BCUT2D eigenvalue weighted by molar-refractivity contribution is 9.10. The van der Waals surface area contributed by atoms with Gasteiger partial charge in [0.25, 0.3) is 0 Å². The first-order valence-corrected chi connectivity index (χ1v) is 8.22. The number of nitrogens with two attached hydrogens (primary N) is 1. The zero-order valence-corrected chi connectivity index (χ0v) is 14.1. The lowest BCUT2D eigenvalue weighted by molar-refractivity contribution is 0.0376. The van der Waals surface area contributed by atoms with Crippen LogP contribution in [0.5, 0.6) is 0 Å². The van der Waals surface area contributed by atoms with Gasteiger partial charge in [-0.3, -0.25) is 4.90 Å². The molecule has 122 valence electrons. The van der Waals surface area contributed by atoms with Crippen LogP contribution in [0, 0.1) is 5.82 Å². The van der Waals surface area contributed by atoms with Crippen molar-refractivity contribution in [3.63, 3.8) is 0 Å². The molecule has 0 radical (unpaired) electrons. The number of hydrogen-bond acceptors (Lipinski definition) is 3. The number of morpholine rings is 1. The zero-order valence-electron chi connectivity index (χ0n) is 12.5. The molecule has 22 heavy (non-hydrogen) atoms. The molecule has 0 aromatic heterocycles. The Hall–Kier alpha value is -1.18. The molecule has 1 aliphatic heterocycles. The smallest absolute Gasteiger partial charge is 0.188 e. The fraction of sp³-hybridized carbons (Fsp3) is 0.533. The third-order valence-electron chi connectivity index (χ3n) is 3.49. The number of nitrogens with one attached hydrogen (secondary N) is 1. The van der Waals surface area contributed by atoms with E-state index in [9.17, 15) is 4.39 Å². The van der Waals surface area contributed by atoms with Crippen LogP contribution in [-0.2, 0) is 11.3 Å². The first kappa shape index (κ1) is 17.2. The molecule has 1 heterocycles. The van der Waals surface area contributed by atoms with Gasteiger partial charge in [-0.05, 0) is 31.2 Å². The number of benzene rings is 1. The van der Waals surface area contributed by atoms with E-state index in [1.165, 1.54) is 6.07 Å². The third kappa shape index (κ3) is 5.90. The van der Waals surface area contributed by atoms with Gasteiger partial charge in [0.05, 0.1) is 19.8 Å². The standard InChI is InChI=1S/C15H22BrFN4O/c16-13-2-3-14(17)12(10-13)11-20-15(18)19-4-1-5-21-6-8-22-9-7-21/h2-3,10H,1,4-9,11H2,(H3,18,19,20). The van der Waals surface area contributed by atoms with Crippen molar-refractivity contribution in [2.45, 2.75) is 13.0 Å². The van der Waals surface area contributed by atoms with Crippen molar-refractivity contribution in [1.82, 2.24) is 10.2 Å². The molecule has 1 saturated heterocycles. The molecule has 1 aliphatic rings. The predicted molar refractivity (Wildman–Crippen MR) is 89.3 cm³/mol. The van der Waals surface area contributed by atoms with Gasteiger partial charge in [0, 0.05) is 29.7 Å². The number of halogens is 2. The monoisotopic (exact) mass is 372 g/mol. The minimum Gasteiger partial charge on any atom is -0.379 e. The van der Waals surface area contributed by atoms with E-state index in [1.54, 1.807) is 12.1 Å². The van der Waals surface area contributed by atoms with Gasteiger partial charge < -0.3 is 15.8 Å². The van der Waals surface area contributed by atoms with Crippen LogP contribution in [0.1, 0.15) is 12.0 Å². The SMILES string of the molecule is NC(=NCc1cc(Br)ccc1F)NCCCN1CCOCC1. The van der Waals surface area contributed by atoms with Crippen molar-refractivity contribution in [3.8, 4) is 0 Å². The Bertz CT molecular complexity index is 506. The quantitative estimate of drug-likeness (QED) is 0.453. The molecule has 5 nitrogen and oxygen atoms in total. The van der Waals surface area contributed by atoms with Crippen molar-refractivity contribution in [2.24, 2.45) is 10.7 Å². The molecule has 1 fully saturated rings. The van der Waals surface area contributed by atoms with Gasteiger partial charge in [-0.15, -0.1) is 0 Å². The van der Waals surface area contributed by atoms with Crippen molar-refractivity contribution in [3.05, 3.63) is 34.1 Å². The summed E-state index contributed by atoms with van der Waals surface area (Å²) in [5.74, 6) is 0.0772. The van der Waals surface area contributed by atoms with Crippen molar-refractivity contribution in [2.75, 3.05) is 39.4 Å². The Morgan fingerprint density at radius 1 is 1.41 bits per heavy atom. The molecular weight excluding hydrogens is 351 g/mol. The number of hydrogen-bond donors (Lipinski definition) is 2. The lowest BCUT2D eigenvalue weighted by atomic mass is 10.2. The fourth-order valence-corrected chi connectivity index (χ4v) is 2.64.